The zero-order valence-corrected chi connectivity index (χ0v) is 19.0. The lowest BCUT2D eigenvalue weighted by atomic mass is 9.88. The molecule has 0 aliphatic heterocycles. The lowest BCUT2D eigenvalue weighted by Gasteiger charge is -2.18. The Morgan fingerprint density at radius 2 is 2.14 bits per heavy atom. The van der Waals surface area contributed by atoms with Crippen molar-refractivity contribution >= 4 is 40.0 Å². The minimum Gasteiger partial charge on any atom is -0.462 e. The molecule has 29 heavy (non-hydrogen) atoms. The van der Waals surface area contributed by atoms with Crippen molar-refractivity contribution in [2.75, 3.05) is 17.7 Å². The quantitative estimate of drug-likeness (QED) is 0.495. The summed E-state index contributed by atoms with van der Waals surface area (Å²) in [6.07, 6.45) is 3.81. The average Bonchev–Trinajstić information content (AvgIpc) is 3.20. The lowest BCUT2D eigenvalue weighted by molar-refractivity contribution is -0.113. The van der Waals surface area contributed by atoms with Gasteiger partial charge in [-0.2, -0.15) is 0 Å². The first-order valence-electron chi connectivity index (χ1n) is 10.1. The number of nitrogens with one attached hydrogen (secondary N) is 1. The Bertz CT molecular complexity index is 891. The largest absolute Gasteiger partial charge is 0.462 e. The highest BCUT2D eigenvalue weighted by atomic mass is 32.2. The van der Waals surface area contributed by atoms with Crippen molar-refractivity contribution in [2.45, 2.75) is 65.1 Å². The Labute approximate surface area is 179 Å². The number of aryl methyl sites for hydroxylation is 1. The number of hydrogen-bond donors (Lipinski definition) is 1. The first kappa shape index (κ1) is 21.8. The molecule has 0 radical (unpaired) electrons. The van der Waals surface area contributed by atoms with Gasteiger partial charge in [0, 0.05) is 11.4 Å². The van der Waals surface area contributed by atoms with E-state index in [1.165, 1.54) is 28.0 Å². The fourth-order valence-electron chi connectivity index (χ4n) is 3.50. The van der Waals surface area contributed by atoms with E-state index in [1.807, 2.05) is 11.5 Å². The Balaban J connectivity index is 1.74. The number of carbonyl (C=O) groups is 2. The number of carbonyl (C=O) groups excluding carboxylic acids is 2. The normalized spacial score (nSPS) is 15.8. The Hall–Kier alpha value is -1.87. The molecule has 0 fully saturated rings. The molecule has 1 amide bonds. The maximum absolute atomic E-state index is 12.6. The number of amides is 1. The number of aromatic nitrogens is 3. The van der Waals surface area contributed by atoms with Gasteiger partial charge < -0.3 is 14.6 Å². The third kappa shape index (κ3) is 5.01. The van der Waals surface area contributed by atoms with Crippen LogP contribution in [0.4, 0.5) is 5.00 Å². The minimum absolute atomic E-state index is 0.157. The number of thiophene rings is 1. The third-order valence-electron chi connectivity index (χ3n) is 4.93. The Kier molecular flexibility index (Phi) is 7.34. The highest BCUT2D eigenvalue weighted by Crippen LogP contribution is 2.40. The van der Waals surface area contributed by atoms with Gasteiger partial charge in [0.2, 0.25) is 5.91 Å². The van der Waals surface area contributed by atoms with E-state index in [9.17, 15) is 9.59 Å². The van der Waals surface area contributed by atoms with Crippen LogP contribution < -0.4 is 5.32 Å². The van der Waals surface area contributed by atoms with Crippen LogP contribution in [0.5, 0.6) is 0 Å². The molecule has 1 atom stereocenters. The fraction of sp³-hybridized carbons (Fsp3) is 0.600. The van der Waals surface area contributed by atoms with Crippen LogP contribution in [-0.4, -0.2) is 39.0 Å². The molecule has 3 rings (SSSR count). The van der Waals surface area contributed by atoms with Gasteiger partial charge in [-0.3, -0.25) is 4.79 Å². The number of hydrogen-bond acceptors (Lipinski definition) is 7. The van der Waals surface area contributed by atoms with Crippen LogP contribution in [0.1, 0.15) is 60.2 Å². The zero-order chi connectivity index (χ0) is 21.0. The monoisotopic (exact) mass is 436 g/mol. The van der Waals surface area contributed by atoms with Crippen molar-refractivity contribution in [3.63, 3.8) is 0 Å². The summed E-state index contributed by atoms with van der Waals surface area (Å²) in [5.74, 6) is 1.14. The first-order chi connectivity index (χ1) is 13.9. The Morgan fingerprint density at radius 3 is 2.86 bits per heavy atom. The molecule has 158 valence electrons. The van der Waals surface area contributed by atoms with Crippen molar-refractivity contribution in [2.24, 2.45) is 5.92 Å². The summed E-state index contributed by atoms with van der Waals surface area (Å²) in [6, 6.07) is 0. The van der Waals surface area contributed by atoms with Gasteiger partial charge >= 0.3 is 5.97 Å². The topological polar surface area (TPSA) is 86.1 Å². The van der Waals surface area contributed by atoms with E-state index in [4.69, 9.17) is 4.74 Å². The van der Waals surface area contributed by atoms with E-state index in [0.29, 0.717) is 23.1 Å². The molecule has 2 heterocycles. The highest BCUT2D eigenvalue weighted by molar-refractivity contribution is 7.99. The fourth-order valence-corrected chi connectivity index (χ4v) is 5.73. The molecule has 0 aromatic carbocycles. The number of esters is 1. The van der Waals surface area contributed by atoms with E-state index in [0.717, 1.165) is 48.8 Å². The summed E-state index contributed by atoms with van der Waals surface area (Å²) in [6.45, 7) is 9.16. The minimum atomic E-state index is -0.346. The standard InChI is InChI=1S/C20H28N4O3S2/c1-5-9-24-13(4)22-23-20(24)28-11-16(25)21-18-17(19(26)27-6-2)14-8-7-12(3)10-15(14)29-18/h12H,5-11H2,1-4H3,(H,21,25)/t12-/m1/s1. The van der Waals surface area contributed by atoms with Gasteiger partial charge in [0.05, 0.1) is 17.9 Å². The summed E-state index contributed by atoms with van der Waals surface area (Å²) in [5, 5.41) is 12.6. The third-order valence-corrected chi connectivity index (χ3v) is 7.06. The molecule has 0 saturated heterocycles. The van der Waals surface area contributed by atoms with E-state index in [1.54, 1.807) is 6.92 Å². The van der Waals surface area contributed by atoms with E-state index in [2.05, 4.69) is 29.4 Å². The molecule has 0 saturated carbocycles. The number of fused-ring (bicyclic) bond motifs is 1. The molecule has 0 unspecified atom stereocenters. The predicted octanol–water partition coefficient (Wildman–Crippen LogP) is 4.09. The van der Waals surface area contributed by atoms with Gasteiger partial charge in [-0.1, -0.05) is 25.6 Å². The molecular formula is C20H28N4O3S2. The first-order valence-corrected chi connectivity index (χ1v) is 11.9. The summed E-state index contributed by atoms with van der Waals surface area (Å²) >= 11 is 2.87. The van der Waals surface area contributed by atoms with Gasteiger partial charge in [0.1, 0.15) is 10.8 Å². The van der Waals surface area contributed by atoms with E-state index in [-0.39, 0.29) is 17.6 Å². The van der Waals surface area contributed by atoms with Crippen molar-refractivity contribution in [1.29, 1.82) is 0 Å². The SMILES string of the molecule is CCCn1c(C)nnc1SCC(=O)Nc1sc2c(c1C(=O)OCC)CC[C@@H](C)C2. The maximum Gasteiger partial charge on any atom is 0.341 e. The highest BCUT2D eigenvalue weighted by Gasteiger charge is 2.29. The number of nitrogens with zero attached hydrogens (tertiary/aromatic N) is 3. The van der Waals surface area contributed by atoms with Gasteiger partial charge in [-0.15, -0.1) is 21.5 Å². The van der Waals surface area contributed by atoms with Gasteiger partial charge in [-0.25, -0.2) is 4.79 Å². The number of anilines is 1. The average molecular weight is 437 g/mol. The molecule has 0 bridgehead atoms. The van der Waals surface area contributed by atoms with Crippen molar-refractivity contribution in [3.8, 4) is 0 Å². The number of ether oxygens (including phenoxy) is 1. The number of rotatable bonds is 8. The molecule has 7 nitrogen and oxygen atoms in total. The lowest BCUT2D eigenvalue weighted by Crippen LogP contribution is -2.18. The molecule has 1 aliphatic rings. The van der Waals surface area contributed by atoms with Crippen LogP contribution >= 0.6 is 23.1 Å². The zero-order valence-electron chi connectivity index (χ0n) is 17.4. The predicted molar refractivity (Wildman–Crippen MR) is 116 cm³/mol. The van der Waals surface area contributed by atoms with Crippen LogP contribution in [0.15, 0.2) is 5.16 Å². The summed E-state index contributed by atoms with van der Waals surface area (Å²) in [7, 11) is 0. The second kappa shape index (κ2) is 9.75. The van der Waals surface area contributed by atoms with E-state index >= 15 is 0 Å². The molecule has 0 spiro atoms. The van der Waals surface area contributed by atoms with E-state index < -0.39 is 0 Å². The van der Waals surface area contributed by atoms with Gasteiger partial charge in [0.25, 0.3) is 0 Å². The summed E-state index contributed by atoms with van der Waals surface area (Å²) < 4.78 is 7.29. The molecule has 2 aromatic heterocycles. The van der Waals surface area contributed by atoms with Gasteiger partial charge in [0.15, 0.2) is 5.16 Å². The molecule has 9 heteroatoms. The maximum atomic E-state index is 12.6. The Morgan fingerprint density at radius 1 is 1.34 bits per heavy atom. The van der Waals surface area contributed by atoms with Crippen molar-refractivity contribution in [3.05, 3.63) is 21.8 Å². The van der Waals surface area contributed by atoms with Crippen LogP contribution in [0.3, 0.4) is 0 Å². The van der Waals surface area contributed by atoms with Crippen molar-refractivity contribution < 1.29 is 14.3 Å². The van der Waals surface area contributed by atoms with Crippen molar-refractivity contribution in [1.82, 2.24) is 14.8 Å². The second-order valence-corrected chi connectivity index (χ2v) is 9.34. The van der Waals surface area contributed by atoms with Crippen LogP contribution in [-0.2, 0) is 28.9 Å². The molecule has 1 aliphatic carbocycles. The van der Waals surface area contributed by atoms with Crippen LogP contribution in [0, 0.1) is 12.8 Å². The molecule has 1 N–H and O–H groups in total. The summed E-state index contributed by atoms with van der Waals surface area (Å²) in [5.41, 5.74) is 1.59. The van der Waals surface area contributed by atoms with Crippen LogP contribution in [0.25, 0.3) is 0 Å². The smallest absolute Gasteiger partial charge is 0.341 e. The molecular weight excluding hydrogens is 408 g/mol. The second-order valence-electron chi connectivity index (χ2n) is 7.29. The molecule has 2 aromatic rings. The number of thioether (sulfide) groups is 1. The van der Waals surface area contributed by atoms with Crippen LogP contribution in [0.2, 0.25) is 0 Å². The summed E-state index contributed by atoms with van der Waals surface area (Å²) in [4.78, 5) is 26.4. The van der Waals surface area contributed by atoms with Gasteiger partial charge in [-0.05, 0) is 51.0 Å².